The van der Waals surface area contributed by atoms with Crippen LogP contribution in [-0.4, -0.2) is 0 Å². The van der Waals surface area contributed by atoms with Crippen molar-refractivity contribution in [1.82, 2.24) is 0 Å². The summed E-state index contributed by atoms with van der Waals surface area (Å²) in [5.74, 6) is -0.236. The molecule has 0 bridgehead atoms. The third-order valence-electron chi connectivity index (χ3n) is 3.87. The zero-order valence-electron chi connectivity index (χ0n) is 11.7. The van der Waals surface area contributed by atoms with Gasteiger partial charge in [0.1, 0.15) is 5.82 Å². The molecule has 100 valence electrons. The van der Waals surface area contributed by atoms with Crippen LogP contribution in [0.25, 0.3) is 0 Å². The molecule has 1 nitrogen and oxygen atoms in total. The molecule has 2 rings (SSSR count). The lowest BCUT2D eigenvalue weighted by atomic mass is 9.74. The summed E-state index contributed by atoms with van der Waals surface area (Å²) >= 11 is 0. The highest BCUT2D eigenvalue weighted by atomic mass is 19.1. The van der Waals surface area contributed by atoms with Crippen molar-refractivity contribution in [1.29, 1.82) is 0 Å². The van der Waals surface area contributed by atoms with Gasteiger partial charge < -0.3 is 5.73 Å². The fourth-order valence-corrected chi connectivity index (χ4v) is 2.38. The molecule has 0 saturated carbocycles. The van der Waals surface area contributed by atoms with Crippen molar-refractivity contribution >= 4 is 0 Å². The number of aryl methyl sites for hydroxylation is 1. The molecule has 19 heavy (non-hydrogen) atoms. The maximum atomic E-state index is 13.4. The van der Waals surface area contributed by atoms with Crippen molar-refractivity contribution in [2.24, 2.45) is 5.73 Å². The molecular weight excluding hydrogens is 237 g/mol. The quantitative estimate of drug-likeness (QED) is 0.879. The van der Waals surface area contributed by atoms with E-state index in [1.54, 1.807) is 12.1 Å². The second-order valence-electron chi connectivity index (χ2n) is 5.57. The summed E-state index contributed by atoms with van der Waals surface area (Å²) in [7, 11) is 0. The van der Waals surface area contributed by atoms with Gasteiger partial charge in [-0.3, -0.25) is 0 Å². The Hall–Kier alpha value is -1.67. The molecule has 2 aromatic rings. The first-order valence-corrected chi connectivity index (χ1v) is 6.50. The Morgan fingerprint density at radius 2 is 1.68 bits per heavy atom. The molecule has 0 aliphatic heterocycles. The van der Waals surface area contributed by atoms with Crippen LogP contribution >= 0.6 is 0 Å². The molecule has 0 saturated heterocycles. The van der Waals surface area contributed by atoms with Gasteiger partial charge in [-0.05, 0) is 35.7 Å². The molecule has 2 heteroatoms. The van der Waals surface area contributed by atoms with E-state index in [9.17, 15) is 4.39 Å². The van der Waals surface area contributed by atoms with Crippen LogP contribution < -0.4 is 5.73 Å². The molecule has 0 fully saturated rings. The van der Waals surface area contributed by atoms with Gasteiger partial charge in [0.2, 0.25) is 0 Å². The maximum absolute atomic E-state index is 13.4. The second kappa shape index (κ2) is 5.14. The van der Waals surface area contributed by atoms with Crippen LogP contribution in [0.4, 0.5) is 4.39 Å². The number of hydrogen-bond donors (Lipinski definition) is 1. The smallest absolute Gasteiger partial charge is 0.123 e. The van der Waals surface area contributed by atoms with Gasteiger partial charge in [0, 0.05) is 11.5 Å². The van der Waals surface area contributed by atoms with Crippen molar-refractivity contribution in [2.45, 2.75) is 32.2 Å². The molecule has 0 aliphatic carbocycles. The van der Waals surface area contributed by atoms with Crippen LogP contribution in [0.15, 0.2) is 48.5 Å². The summed E-state index contributed by atoms with van der Waals surface area (Å²) in [6.45, 7) is 6.16. The lowest BCUT2D eigenvalue weighted by molar-refractivity contribution is 0.418. The molecule has 0 amide bonds. The van der Waals surface area contributed by atoms with E-state index in [0.717, 1.165) is 16.7 Å². The topological polar surface area (TPSA) is 26.0 Å². The molecule has 0 aliphatic rings. The monoisotopic (exact) mass is 257 g/mol. The van der Waals surface area contributed by atoms with Gasteiger partial charge in [0.15, 0.2) is 0 Å². The average molecular weight is 257 g/mol. The van der Waals surface area contributed by atoms with Gasteiger partial charge >= 0.3 is 0 Å². The van der Waals surface area contributed by atoms with Gasteiger partial charge in [-0.15, -0.1) is 0 Å². The van der Waals surface area contributed by atoms with Crippen LogP contribution in [-0.2, 0) is 5.41 Å². The SMILES string of the molecule is Cc1ccc(F)cc1C(N)C(C)(C)c1ccccc1. The van der Waals surface area contributed by atoms with Crippen molar-refractivity contribution in [3.8, 4) is 0 Å². The van der Waals surface area contributed by atoms with Gasteiger partial charge in [0.25, 0.3) is 0 Å². The van der Waals surface area contributed by atoms with Crippen molar-refractivity contribution in [2.75, 3.05) is 0 Å². The average Bonchev–Trinajstić information content (AvgIpc) is 2.41. The fourth-order valence-electron chi connectivity index (χ4n) is 2.38. The molecule has 0 aromatic heterocycles. The Kier molecular flexibility index (Phi) is 3.72. The standard InChI is InChI=1S/C17H20FN/c1-12-9-10-14(18)11-15(12)16(19)17(2,3)13-7-5-4-6-8-13/h4-11,16H,19H2,1-3H3. The predicted molar refractivity (Wildman–Crippen MR) is 77.5 cm³/mol. The first-order valence-electron chi connectivity index (χ1n) is 6.50. The summed E-state index contributed by atoms with van der Waals surface area (Å²) < 4.78 is 13.4. The summed E-state index contributed by atoms with van der Waals surface area (Å²) in [5, 5.41) is 0. The molecule has 1 unspecified atom stereocenters. The number of hydrogen-bond acceptors (Lipinski definition) is 1. The molecule has 0 radical (unpaired) electrons. The molecule has 2 aromatic carbocycles. The Bertz CT molecular complexity index is 561. The van der Waals surface area contributed by atoms with Crippen LogP contribution in [0.2, 0.25) is 0 Å². The highest BCUT2D eigenvalue weighted by Crippen LogP contribution is 2.36. The molecular formula is C17H20FN. The van der Waals surface area contributed by atoms with E-state index in [1.807, 2.05) is 25.1 Å². The van der Waals surface area contributed by atoms with Gasteiger partial charge in [-0.25, -0.2) is 4.39 Å². The minimum atomic E-state index is -0.250. The van der Waals surface area contributed by atoms with E-state index in [4.69, 9.17) is 5.73 Å². The van der Waals surface area contributed by atoms with E-state index in [2.05, 4.69) is 26.0 Å². The van der Waals surface area contributed by atoms with E-state index in [0.29, 0.717) is 0 Å². The zero-order chi connectivity index (χ0) is 14.0. The van der Waals surface area contributed by atoms with Gasteiger partial charge in [-0.1, -0.05) is 50.2 Å². The number of nitrogens with two attached hydrogens (primary N) is 1. The molecule has 0 spiro atoms. The highest BCUT2D eigenvalue weighted by Gasteiger charge is 2.30. The summed E-state index contributed by atoms with van der Waals surface area (Å²) in [4.78, 5) is 0. The molecule has 2 N–H and O–H groups in total. The summed E-state index contributed by atoms with van der Waals surface area (Å²) in [6.07, 6.45) is 0. The van der Waals surface area contributed by atoms with Crippen LogP contribution in [0.1, 0.15) is 36.6 Å². The molecule has 0 heterocycles. The lowest BCUT2D eigenvalue weighted by Gasteiger charge is -2.33. The molecule has 1 atom stereocenters. The Morgan fingerprint density at radius 1 is 1.05 bits per heavy atom. The van der Waals surface area contributed by atoms with E-state index >= 15 is 0 Å². The lowest BCUT2D eigenvalue weighted by Crippen LogP contribution is -2.33. The second-order valence-corrected chi connectivity index (χ2v) is 5.57. The van der Waals surface area contributed by atoms with Gasteiger partial charge in [-0.2, -0.15) is 0 Å². The van der Waals surface area contributed by atoms with Gasteiger partial charge in [0.05, 0.1) is 0 Å². The van der Waals surface area contributed by atoms with Crippen LogP contribution in [0, 0.1) is 12.7 Å². The van der Waals surface area contributed by atoms with E-state index < -0.39 is 0 Å². The third-order valence-corrected chi connectivity index (χ3v) is 3.87. The van der Waals surface area contributed by atoms with Crippen LogP contribution in [0.5, 0.6) is 0 Å². The number of halogens is 1. The normalized spacial score (nSPS) is 13.3. The minimum Gasteiger partial charge on any atom is -0.323 e. The van der Waals surface area contributed by atoms with Crippen molar-refractivity contribution < 1.29 is 4.39 Å². The van der Waals surface area contributed by atoms with Crippen molar-refractivity contribution in [3.05, 3.63) is 71.0 Å². The number of rotatable bonds is 3. The van der Waals surface area contributed by atoms with E-state index in [1.165, 1.54) is 6.07 Å². The minimum absolute atomic E-state index is 0.236. The first kappa shape index (κ1) is 13.8. The third kappa shape index (κ3) is 2.69. The fraction of sp³-hybridized carbons (Fsp3) is 0.294. The maximum Gasteiger partial charge on any atom is 0.123 e. The van der Waals surface area contributed by atoms with Crippen molar-refractivity contribution in [3.63, 3.8) is 0 Å². The zero-order valence-corrected chi connectivity index (χ0v) is 11.7. The van der Waals surface area contributed by atoms with Crippen LogP contribution in [0.3, 0.4) is 0 Å². The Balaban J connectivity index is 2.43. The predicted octanol–water partition coefficient (Wildman–Crippen LogP) is 4.11. The summed E-state index contributed by atoms with van der Waals surface area (Å²) in [6, 6.07) is 14.7. The first-order chi connectivity index (χ1) is 8.93. The summed E-state index contributed by atoms with van der Waals surface area (Å²) in [5.41, 5.74) is 9.21. The largest absolute Gasteiger partial charge is 0.323 e. The Morgan fingerprint density at radius 3 is 2.32 bits per heavy atom. The highest BCUT2D eigenvalue weighted by molar-refractivity contribution is 5.36. The van der Waals surface area contributed by atoms with E-state index in [-0.39, 0.29) is 17.3 Å². The number of benzene rings is 2. The Labute approximate surface area is 114 Å².